The van der Waals surface area contributed by atoms with E-state index in [1.807, 2.05) is 0 Å². The summed E-state index contributed by atoms with van der Waals surface area (Å²) in [5, 5.41) is 2.59. The van der Waals surface area contributed by atoms with Crippen LogP contribution in [0.5, 0.6) is 11.6 Å². The Morgan fingerprint density at radius 2 is 1.81 bits per heavy atom. The number of nitrogens with zero attached hydrogens (tertiary/aromatic N) is 5. The van der Waals surface area contributed by atoms with Gasteiger partial charge in [0.1, 0.15) is 11.3 Å². The number of hydrogen-bond donors (Lipinski definition) is 2. The van der Waals surface area contributed by atoms with Crippen LogP contribution in [0.15, 0.2) is 85.7 Å². The van der Waals surface area contributed by atoms with Crippen LogP contribution in [-0.2, 0) is 6.18 Å². The van der Waals surface area contributed by atoms with Gasteiger partial charge < -0.3 is 19.6 Å². The number of aromatic nitrogens is 6. The zero-order chi connectivity index (χ0) is 29.4. The van der Waals surface area contributed by atoms with Gasteiger partial charge in [-0.1, -0.05) is 6.07 Å². The molecule has 9 nitrogen and oxygen atoms in total. The van der Waals surface area contributed by atoms with Crippen molar-refractivity contribution in [1.82, 2.24) is 29.5 Å². The maximum absolute atomic E-state index is 13.7. The van der Waals surface area contributed by atoms with Gasteiger partial charge in [-0.2, -0.15) is 18.2 Å². The second-order valence-electron chi connectivity index (χ2n) is 9.55. The van der Waals surface area contributed by atoms with Crippen LogP contribution in [0.25, 0.3) is 28.1 Å². The standard InChI is InChI=1S/C30H22F3N7O2/c1-17-3-4-20(28(41)37-22-12-21(30(31,32)33)13-23(14-22)40-15-18(2)36-16-40)11-25(17)42-29-26-24(7-10-35-26)38-27(39-29)19-5-8-34-9-6-19/h3-16,35H,1-2H3,(H,37,41). The summed E-state index contributed by atoms with van der Waals surface area (Å²) < 4.78 is 48.7. The lowest BCUT2D eigenvalue weighted by Gasteiger charge is -2.14. The lowest BCUT2D eigenvalue weighted by Crippen LogP contribution is -2.14. The third-order valence-corrected chi connectivity index (χ3v) is 6.48. The zero-order valence-electron chi connectivity index (χ0n) is 22.3. The molecule has 0 fully saturated rings. The molecular formula is C30H22F3N7O2. The number of rotatable bonds is 6. The molecule has 2 N–H and O–H groups in total. The van der Waals surface area contributed by atoms with Gasteiger partial charge in [0, 0.05) is 47.3 Å². The molecule has 0 aliphatic rings. The van der Waals surface area contributed by atoms with Crippen LogP contribution in [0.3, 0.4) is 0 Å². The smallest absolute Gasteiger partial charge is 0.416 e. The predicted octanol–water partition coefficient (Wildman–Crippen LogP) is 6.89. The number of pyridine rings is 1. The Kier molecular flexibility index (Phi) is 6.65. The lowest BCUT2D eigenvalue weighted by molar-refractivity contribution is -0.137. The minimum Gasteiger partial charge on any atom is -0.437 e. The number of carbonyl (C=O) groups excluding carboxylic acids is 1. The Bertz CT molecular complexity index is 1930. The van der Waals surface area contributed by atoms with E-state index in [9.17, 15) is 18.0 Å². The zero-order valence-corrected chi connectivity index (χ0v) is 22.3. The van der Waals surface area contributed by atoms with Gasteiger partial charge in [0.25, 0.3) is 5.91 Å². The van der Waals surface area contributed by atoms with Crippen molar-refractivity contribution in [2.75, 3.05) is 5.32 Å². The Morgan fingerprint density at radius 1 is 1.00 bits per heavy atom. The van der Waals surface area contributed by atoms with Gasteiger partial charge in [-0.3, -0.25) is 9.78 Å². The van der Waals surface area contributed by atoms with Gasteiger partial charge >= 0.3 is 6.18 Å². The number of alkyl halides is 3. The van der Waals surface area contributed by atoms with E-state index in [0.29, 0.717) is 33.9 Å². The van der Waals surface area contributed by atoms with Crippen molar-refractivity contribution in [2.45, 2.75) is 20.0 Å². The second-order valence-corrected chi connectivity index (χ2v) is 9.55. The Hall–Kier alpha value is -5.52. The molecule has 2 aromatic carbocycles. The number of ether oxygens (including phenoxy) is 1. The van der Waals surface area contributed by atoms with E-state index in [1.54, 1.807) is 69.0 Å². The molecule has 0 unspecified atom stereocenters. The van der Waals surface area contributed by atoms with E-state index in [4.69, 9.17) is 4.74 Å². The van der Waals surface area contributed by atoms with E-state index >= 15 is 0 Å². The maximum atomic E-state index is 13.7. The summed E-state index contributed by atoms with van der Waals surface area (Å²) in [6.07, 6.45) is 3.38. The molecule has 0 spiro atoms. The molecule has 0 atom stereocenters. The van der Waals surface area contributed by atoms with Crippen molar-refractivity contribution in [3.63, 3.8) is 0 Å². The van der Waals surface area contributed by atoms with Crippen molar-refractivity contribution in [2.24, 2.45) is 0 Å². The molecule has 1 amide bonds. The maximum Gasteiger partial charge on any atom is 0.416 e. The molecule has 6 rings (SSSR count). The van der Waals surface area contributed by atoms with Crippen LogP contribution < -0.4 is 10.1 Å². The summed E-state index contributed by atoms with van der Waals surface area (Å²) in [6.45, 7) is 3.53. The molecule has 42 heavy (non-hydrogen) atoms. The predicted molar refractivity (Wildman–Crippen MR) is 150 cm³/mol. The fourth-order valence-electron chi connectivity index (χ4n) is 4.34. The summed E-state index contributed by atoms with van der Waals surface area (Å²) in [6, 6.07) is 13.5. The first-order valence-electron chi connectivity index (χ1n) is 12.7. The quantitative estimate of drug-likeness (QED) is 0.226. The monoisotopic (exact) mass is 569 g/mol. The fourth-order valence-corrected chi connectivity index (χ4v) is 4.34. The largest absolute Gasteiger partial charge is 0.437 e. The number of hydrogen-bond acceptors (Lipinski definition) is 6. The van der Waals surface area contributed by atoms with Crippen molar-refractivity contribution in [1.29, 1.82) is 0 Å². The number of aromatic amines is 1. The number of fused-ring (bicyclic) bond motifs is 1. The number of anilines is 1. The number of benzene rings is 2. The number of carbonyl (C=O) groups is 1. The molecule has 4 aromatic heterocycles. The van der Waals surface area contributed by atoms with Crippen LogP contribution in [0, 0.1) is 13.8 Å². The molecule has 0 saturated carbocycles. The minimum absolute atomic E-state index is 0.0230. The van der Waals surface area contributed by atoms with Crippen molar-refractivity contribution >= 4 is 22.6 Å². The first-order chi connectivity index (χ1) is 20.1. The summed E-state index contributed by atoms with van der Waals surface area (Å²) >= 11 is 0. The molecule has 4 heterocycles. The Morgan fingerprint density at radius 3 is 2.55 bits per heavy atom. The summed E-state index contributed by atoms with van der Waals surface area (Å²) in [4.78, 5) is 33.6. The molecule has 0 saturated heterocycles. The molecular weight excluding hydrogens is 547 g/mol. The molecule has 210 valence electrons. The number of aryl methyl sites for hydroxylation is 2. The minimum atomic E-state index is -4.62. The van der Waals surface area contributed by atoms with Crippen molar-refractivity contribution < 1.29 is 22.7 Å². The topological polar surface area (TPSA) is 111 Å². The number of imidazole rings is 1. The van der Waals surface area contributed by atoms with Gasteiger partial charge in [0.2, 0.25) is 5.88 Å². The van der Waals surface area contributed by atoms with E-state index in [1.165, 1.54) is 23.0 Å². The van der Waals surface area contributed by atoms with Crippen LogP contribution in [0.1, 0.15) is 27.2 Å². The van der Waals surface area contributed by atoms with Crippen molar-refractivity contribution in [3.8, 4) is 28.7 Å². The first kappa shape index (κ1) is 26.7. The summed E-state index contributed by atoms with van der Waals surface area (Å²) in [5.74, 6) is 0.406. The highest BCUT2D eigenvalue weighted by Crippen LogP contribution is 2.34. The highest BCUT2D eigenvalue weighted by atomic mass is 19.4. The SMILES string of the molecule is Cc1cn(-c2cc(NC(=O)c3ccc(C)c(Oc4nc(-c5ccncc5)nc5cc[nH]c45)c3)cc(C(F)(F)F)c2)cn1. The van der Waals surface area contributed by atoms with Crippen LogP contribution in [-0.4, -0.2) is 35.4 Å². The first-order valence-corrected chi connectivity index (χ1v) is 12.7. The molecule has 0 bridgehead atoms. The van der Waals surface area contributed by atoms with E-state index in [0.717, 1.165) is 17.7 Å². The molecule has 0 radical (unpaired) electrons. The highest BCUT2D eigenvalue weighted by Gasteiger charge is 2.31. The van der Waals surface area contributed by atoms with Gasteiger partial charge in [-0.15, -0.1) is 0 Å². The number of H-pyrrole nitrogens is 1. The summed E-state index contributed by atoms with van der Waals surface area (Å²) in [7, 11) is 0. The lowest BCUT2D eigenvalue weighted by atomic mass is 10.1. The molecule has 0 aliphatic carbocycles. The fraction of sp³-hybridized carbons (Fsp3) is 0.100. The van der Waals surface area contributed by atoms with Crippen molar-refractivity contribution in [3.05, 3.63) is 108 Å². The number of amides is 1. The van der Waals surface area contributed by atoms with Crippen LogP contribution in [0.4, 0.5) is 18.9 Å². The van der Waals surface area contributed by atoms with Gasteiger partial charge in [0.15, 0.2) is 5.82 Å². The third kappa shape index (κ3) is 5.42. The normalized spacial score (nSPS) is 11.5. The number of halogens is 3. The molecule has 12 heteroatoms. The van der Waals surface area contributed by atoms with Gasteiger partial charge in [-0.05, 0) is 67.9 Å². The average Bonchev–Trinajstić information content (AvgIpc) is 3.63. The van der Waals surface area contributed by atoms with E-state index < -0.39 is 17.6 Å². The Labute approximate surface area is 237 Å². The average molecular weight is 570 g/mol. The third-order valence-electron chi connectivity index (χ3n) is 6.48. The summed E-state index contributed by atoms with van der Waals surface area (Å²) in [5.41, 5.74) is 2.75. The number of nitrogens with one attached hydrogen (secondary N) is 2. The van der Waals surface area contributed by atoms with Gasteiger partial charge in [0.05, 0.1) is 23.1 Å². The second kappa shape index (κ2) is 10.5. The van der Waals surface area contributed by atoms with Crippen LogP contribution in [0.2, 0.25) is 0 Å². The van der Waals surface area contributed by atoms with Gasteiger partial charge in [-0.25, -0.2) is 9.97 Å². The van der Waals surface area contributed by atoms with E-state index in [2.05, 4.69) is 30.2 Å². The molecule has 6 aromatic rings. The van der Waals surface area contributed by atoms with Crippen LogP contribution >= 0.6 is 0 Å². The van der Waals surface area contributed by atoms with E-state index in [-0.39, 0.29) is 22.8 Å². The molecule has 0 aliphatic heterocycles. The highest BCUT2D eigenvalue weighted by molar-refractivity contribution is 6.04. The Balaban J connectivity index is 1.32.